The first-order valence-electron chi connectivity index (χ1n) is 7.52. The Balaban J connectivity index is 2.19. The third kappa shape index (κ3) is 7.71. The van der Waals surface area contributed by atoms with Crippen LogP contribution in [0.5, 0.6) is 5.75 Å². The van der Waals surface area contributed by atoms with Crippen LogP contribution in [0.4, 0.5) is 0 Å². The van der Waals surface area contributed by atoms with Crippen molar-refractivity contribution in [2.24, 2.45) is 0 Å². The molecule has 0 saturated carbocycles. The van der Waals surface area contributed by atoms with E-state index in [1.165, 1.54) is 31.2 Å². The highest BCUT2D eigenvalue weighted by molar-refractivity contribution is 5.27. The first-order chi connectivity index (χ1) is 9.36. The van der Waals surface area contributed by atoms with Crippen molar-refractivity contribution < 1.29 is 4.74 Å². The monoisotopic (exact) mass is 259 g/mol. The molecule has 105 valence electrons. The van der Waals surface area contributed by atoms with Crippen LogP contribution < -0.4 is 4.74 Å². The molecular formula is C18H27O. The number of unbranched alkanes of at least 4 members (excludes halogenated alkanes) is 4. The van der Waals surface area contributed by atoms with Gasteiger partial charge in [0.25, 0.3) is 0 Å². The third-order valence-corrected chi connectivity index (χ3v) is 3.19. The molecule has 0 aliphatic rings. The second-order valence-corrected chi connectivity index (χ2v) is 4.92. The average Bonchev–Trinajstić information content (AvgIpc) is 2.45. The van der Waals surface area contributed by atoms with Crippen molar-refractivity contribution in [2.75, 3.05) is 6.61 Å². The zero-order valence-corrected chi connectivity index (χ0v) is 12.2. The molecule has 0 bridgehead atoms. The fourth-order valence-electron chi connectivity index (χ4n) is 2.01. The molecule has 0 fully saturated rings. The number of aryl methyl sites for hydroxylation is 1. The average molecular weight is 259 g/mol. The Morgan fingerprint density at radius 1 is 1.05 bits per heavy atom. The lowest BCUT2D eigenvalue weighted by Gasteiger charge is -2.07. The summed E-state index contributed by atoms with van der Waals surface area (Å²) >= 11 is 0. The van der Waals surface area contributed by atoms with E-state index in [-0.39, 0.29) is 0 Å². The quantitative estimate of drug-likeness (QED) is 0.514. The molecule has 0 unspecified atom stereocenters. The van der Waals surface area contributed by atoms with Gasteiger partial charge < -0.3 is 4.74 Å². The molecule has 1 heteroatoms. The summed E-state index contributed by atoms with van der Waals surface area (Å²) in [5, 5.41) is 0. The molecule has 0 aliphatic carbocycles. The maximum Gasteiger partial charge on any atom is 0.119 e. The highest BCUT2D eigenvalue weighted by Gasteiger charge is 1.96. The van der Waals surface area contributed by atoms with E-state index >= 15 is 0 Å². The van der Waals surface area contributed by atoms with Crippen molar-refractivity contribution in [2.45, 2.75) is 51.9 Å². The summed E-state index contributed by atoms with van der Waals surface area (Å²) in [4.78, 5) is 0. The molecule has 1 nitrogen and oxygen atoms in total. The summed E-state index contributed by atoms with van der Waals surface area (Å²) in [5.41, 5.74) is 1.38. The molecule has 19 heavy (non-hydrogen) atoms. The Kier molecular flexibility index (Phi) is 8.87. The van der Waals surface area contributed by atoms with Gasteiger partial charge in [-0.05, 0) is 50.3 Å². The Bertz CT molecular complexity index is 337. The van der Waals surface area contributed by atoms with Crippen molar-refractivity contribution in [3.05, 3.63) is 48.9 Å². The van der Waals surface area contributed by atoms with E-state index in [0.717, 1.165) is 31.6 Å². The standard InChI is InChI=1S/C18H27O/c1-3-5-7-9-11-17-12-14-18(15-13-17)19-16-10-8-6-4-2/h3,5,12-15H,1,4,6-11,16H2,2H3. The highest BCUT2D eigenvalue weighted by atomic mass is 16.5. The van der Waals surface area contributed by atoms with E-state index in [4.69, 9.17) is 4.74 Å². The van der Waals surface area contributed by atoms with Crippen molar-refractivity contribution in [3.63, 3.8) is 0 Å². The number of hydrogen-bond donors (Lipinski definition) is 0. The maximum atomic E-state index is 5.73. The summed E-state index contributed by atoms with van der Waals surface area (Å²) in [7, 11) is 0. The van der Waals surface area contributed by atoms with Gasteiger partial charge in [-0.3, -0.25) is 0 Å². The van der Waals surface area contributed by atoms with Crippen LogP contribution in [-0.2, 0) is 6.42 Å². The fourth-order valence-corrected chi connectivity index (χ4v) is 2.01. The minimum atomic E-state index is 0.841. The lowest BCUT2D eigenvalue weighted by Crippen LogP contribution is -1.97. The van der Waals surface area contributed by atoms with E-state index in [2.05, 4.69) is 44.2 Å². The van der Waals surface area contributed by atoms with Gasteiger partial charge >= 0.3 is 0 Å². The van der Waals surface area contributed by atoms with Gasteiger partial charge in [0.15, 0.2) is 0 Å². The highest BCUT2D eigenvalue weighted by Crippen LogP contribution is 2.14. The Hall–Kier alpha value is -1.24. The van der Waals surface area contributed by atoms with Gasteiger partial charge in [0.2, 0.25) is 0 Å². The van der Waals surface area contributed by atoms with Crippen molar-refractivity contribution in [1.82, 2.24) is 0 Å². The number of ether oxygens (including phenoxy) is 1. The Morgan fingerprint density at radius 3 is 2.53 bits per heavy atom. The minimum absolute atomic E-state index is 0.841. The molecule has 1 rings (SSSR count). The molecule has 0 saturated heterocycles. The molecule has 0 aliphatic heterocycles. The van der Waals surface area contributed by atoms with Crippen LogP contribution in [-0.4, -0.2) is 6.61 Å². The normalized spacial score (nSPS) is 11.1. The summed E-state index contributed by atoms with van der Waals surface area (Å²) in [6, 6.07) is 8.53. The smallest absolute Gasteiger partial charge is 0.119 e. The second-order valence-electron chi connectivity index (χ2n) is 4.92. The Labute approximate surface area is 118 Å². The first-order valence-corrected chi connectivity index (χ1v) is 7.52. The molecular weight excluding hydrogens is 232 g/mol. The molecule has 0 spiro atoms. The number of allylic oxidation sites excluding steroid dienone is 2. The SMILES string of the molecule is [CH2]C=CCCCc1ccc(OCCCCCC)cc1. The molecule has 1 radical (unpaired) electrons. The zero-order chi connectivity index (χ0) is 13.8. The summed E-state index contributed by atoms with van der Waals surface area (Å²) in [6.07, 6.45) is 12.4. The van der Waals surface area contributed by atoms with Crippen molar-refractivity contribution >= 4 is 0 Å². The maximum absolute atomic E-state index is 5.73. The number of benzene rings is 1. The van der Waals surface area contributed by atoms with Crippen LogP contribution in [0, 0.1) is 6.92 Å². The third-order valence-electron chi connectivity index (χ3n) is 3.19. The van der Waals surface area contributed by atoms with Crippen LogP contribution >= 0.6 is 0 Å². The fraction of sp³-hybridized carbons (Fsp3) is 0.500. The second kappa shape index (κ2) is 10.7. The topological polar surface area (TPSA) is 9.23 Å². The lowest BCUT2D eigenvalue weighted by atomic mass is 10.1. The van der Waals surface area contributed by atoms with Gasteiger partial charge in [-0.2, -0.15) is 0 Å². The van der Waals surface area contributed by atoms with Crippen LogP contribution in [0.2, 0.25) is 0 Å². The molecule has 0 amide bonds. The van der Waals surface area contributed by atoms with Crippen LogP contribution in [0.1, 0.15) is 51.0 Å². The van der Waals surface area contributed by atoms with Crippen LogP contribution in [0.25, 0.3) is 0 Å². The minimum Gasteiger partial charge on any atom is -0.494 e. The predicted molar refractivity (Wildman–Crippen MR) is 83.5 cm³/mol. The molecule has 0 N–H and O–H groups in total. The summed E-state index contributed by atoms with van der Waals surface area (Å²) in [5.74, 6) is 0.998. The van der Waals surface area contributed by atoms with Crippen LogP contribution in [0.3, 0.4) is 0 Å². The van der Waals surface area contributed by atoms with Crippen LogP contribution in [0.15, 0.2) is 36.4 Å². The molecule has 0 heterocycles. The van der Waals surface area contributed by atoms with Crippen molar-refractivity contribution in [3.8, 4) is 5.75 Å². The molecule has 0 atom stereocenters. The van der Waals surface area contributed by atoms with E-state index in [0.29, 0.717) is 0 Å². The van der Waals surface area contributed by atoms with Gasteiger partial charge in [0.1, 0.15) is 5.75 Å². The number of rotatable bonds is 10. The Morgan fingerprint density at radius 2 is 1.84 bits per heavy atom. The summed E-state index contributed by atoms with van der Waals surface area (Å²) < 4.78 is 5.73. The van der Waals surface area contributed by atoms with Gasteiger partial charge in [0.05, 0.1) is 6.61 Å². The van der Waals surface area contributed by atoms with Crippen molar-refractivity contribution in [1.29, 1.82) is 0 Å². The van der Waals surface area contributed by atoms with E-state index in [1.54, 1.807) is 0 Å². The molecule has 1 aromatic rings. The van der Waals surface area contributed by atoms with Gasteiger partial charge in [-0.25, -0.2) is 0 Å². The summed E-state index contributed by atoms with van der Waals surface area (Å²) in [6.45, 7) is 6.76. The van der Waals surface area contributed by atoms with Gasteiger partial charge in [-0.15, -0.1) is 0 Å². The predicted octanol–water partition coefficient (Wildman–Crippen LogP) is 5.36. The van der Waals surface area contributed by atoms with Gasteiger partial charge in [0, 0.05) is 0 Å². The molecule has 0 aromatic heterocycles. The van der Waals surface area contributed by atoms with E-state index in [9.17, 15) is 0 Å². The zero-order valence-electron chi connectivity index (χ0n) is 12.2. The number of hydrogen-bond acceptors (Lipinski definition) is 1. The molecule has 1 aromatic carbocycles. The lowest BCUT2D eigenvalue weighted by molar-refractivity contribution is 0.305. The van der Waals surface area contributed by atoms with E-state index < -0.39 is 0 Å². The first kappa shape index (κ1) is 15.8. The van der Waals surface area contributed by atoms with E-state index in [1.807, 2.05) is 6.08 Å². The largest absolute Gasteiger partial charge is 0.494 e. The van der Waals surface area contributed by atoms with Gasteiger partial charge in [-0.1, -0.05) is 50.5 Å².